The van der Waals surface area contributed by atoms with Crippen LogP contribution in [0, 0.1) is 0 Å². The summed E-state index contributed by atoms with van der Waals surface area (Å²) in [7, 11) is 0. The fourth-order valence-electron chi connectivity index (χ4n) is 3.40. The van der Waals surface area contributed by atoms with Gasteiger partial charge >= 0.3 is 5.97 Å². The Morgan fingerprint density at radius 2 is 1.54 bits per heavy atom. The molecule has 0 radical (unpaired) electrons. The van der Waals surface area contributed by atoms with Gasteiger partial charge in [0.1, 0.15) is 31.3 Å². The minimum atomic E-state index is -0.642. The van der Waals surface area contributed by atoms with Gasteiger partial charge in [0.05, 0.1) is 6.04 Å². The van der Waals surface area contributed by atoms with Crippen LogP contribution in [0.25, 0.3) is 0 Å². The molecule has 1 aliphatic rings. The molecule has 3 aromatic carbocycles. The fourth-order valence-corrected chi connectivity index (χ4v) is 3.40. The molecule has 0 aromatic heterocycles. The number of fused-ring (bicyclic) bond motifs is 1. The monoisotopic (exact) mass is 477 g/mol. The van der Waals surface area contributed by atoms with Crippen molar-refractivity contribution in [3.63, 3.8) is 0 Å². The molecule has 1 aliphatic heterocycles. The Balaban J connectivity index is 1.15. The van der Waals surface area contributed by atoms with E-state index in [2.05, 4.69) is 5.32 Å². The number of hydrogen-bond acceptors (Lipinski definition) is 7. The number of ether oxygens (including phenoxy) is 5. The highest BCUT2D eigenvalue weighted by molar-refractivity contribution is 5.81. The van der Waals surface area contributed by atoms with Gasteiger partial charge in [-0.3, -0.25) is 4.79 Å². The molecule has 1 atom stereocenters. The summed E-state index contributed by atoms with van der Waals surface area (Å²) in [4.78, 5) is 24.2. The molecule has 0 saturated heterocycles. The molecule has 8 heteroatoms. The number of hydrogen-bond donors (Lipinski definition) is 1. The first-order valence-electron chi connectivity index (χ1n) is 11.3. The highest BCUT2D eigenvalue weighted by Gasteiger charge is 2.16. The van der Waals surface area contributed by atoms with Gasteiger partial charge in [0.25, 0.3) is 5.91 Å². The Morgan fingerprint density at radius 1 is 0.857 bits per heavy atom. The number of carbonyl (C=O) groups is 2. The SMILES string of the molecule is CC(NC(=O)COC(=O)COc1ccc(OCc2ccccc2)cc1)c1ccc2c(c1)OCCO2. The molecule has 182 valence electrons. The third-order valence-electron chi connectivity index (χ3n) is 5.24. The van der Waals surface area contributed by atoms with Crippen molar-refractivity contribution < 1.29 is 33.3 Å². The minimum absolute atomic E-state index is 0.295. The van der Waals surface area contributed by atoms with E-state index < -0.39 is 18.5 Å². The largest absolute Gasteiger partial charge is 0.489 e. The van der Waals surface area contributed by atoms with Gasteiger partial charge in [0.2, 0.25) is 0 Å². The standard InChI is InChI=1S/C27H27NO7/c1-19(21-7-12-24-25(15-21)32-14-13-31-24)28-26(29)17-35-27(30)18-34-23-10-8-22(9-11-23)33-16-20-5-3-2-4-6-20/h2-12,15,19H,13-14,16-18H2,1H3,(H,28,29). The van der Waals surface area contributed by atoms with Crippen LogP contribution in [0.5, 0.6) is 23.0 Å². The Hall–Kier alpha value is -4.20. The molecule has 0 fully saturated rings. The second-order valence-electron chi connectivity index (χ2n) is 7.89. The van der Waals surface area contributed by atoms with E-state index in [1.54, 1.807) is 24.3 Å². The average Bonchev–Trinajstić information content (AvgIpc) is 2.90. The molecule has 8 nitrogen and oxygen atoms in total. The second kappa shape index (κ2) is 11.8. The van der Waals surface area contributed by atoms with Crippen molar-refractivity contribution in [3.05, 3.63) is 83.9 Å². The van der Waals surface area contributed by atoms with E-state index in [4.69, 9.17) is 23.7 Å². The number of rotatable bonds is 10. The van der Waals surface area contributed by atoms with Gasteiger partial charge in [0.15, 0.2) is 24.7 Å². The minimum Gasteiger partial charge on any atom is -0.489 e. The molecule has 1 amide bonds. The lowest BCUT2D eigenvalue weighted by Gasteiger charge is -2.21. The van der Waals surface area contributed by atoms with Crippen molar-refractivity contribution in [2.45, 2.75) is 19.6 Å². The third-order valence-corrected chi connectivity index (χ3v) is 5.24. The summed E-state index contributed by atoms with van der Waals surface area (Å²) in [5.41, 5.74) is 1.92. The maximum Gasteiger partial charge on any atom is 0.344 e. The lowest BCUT2D eigenvalue weighted by Crippen LogP contribution is -2.32. The smallest absolute Gasteiger partial charge is 0.344 e. The van der Waals surface area contributed by atoms with Crippen molar-refractivity contribution in [2.24, 2.45) is 0 Å². The molecule has 0 aliphatic carbocycles. The number of esters is 1. The van der Waals surface area contributed by atoms with Crippen LogP contribution in [0.15, 0.2) is 72.8 Å². The quantitative estimate of drug-likeness (QED) is 0.444. The summed E-state index contributed by atoms with van der Waals surface area (Å²) >= 11 is 0. The predicted octanol–water partition coefficient (Wildman–Crippen LogP) is 3.84. The molecular formula is C27H27NO7. The van der Waals surface area contributed by atoms with Crippen molar-refractivity contribution in [2.75, 3.05) is 26.4 Å². The topological polar surface area (TPSA) is 92.3 Å². The zero-order valence-corrected chi connectivity index (χ0v) is 19.4. The first-order chi connectivity index (χ1) is 17.1. The van der Waals surface area contributed by atoms with Crippen molar-refractivity contribution in [1.29, 1.82) is 0 Å². The Labute approximate surface area is 203 Å². The lowest BCUT2D eigenvalue weighted by molar-refractivity contribution is -0.150. The number of amides is 1. The molecule has 1 N–H and O–H groups in total. The highest BCUT2D eigenvalue weighted by atomic mass is 16.6. The van der Waals surface area contributed by atoms with E-state index in [0.717, 1.165) is 11.1 Å². The van der Waals surface area contributed by atoms with Gasteiger partial charge < -0.3 is 29.0 Å². The van der Waals surface area contributed by atoms with Crippen LogP contribution in [-0.4, -0.2) is 38.3 Å². The Bertz CT molecular complexity index is 1130. The first kappa shape index (κ1) is 23.9. The van der Waals surface area contributed by atoms with Crippen LogP contribution in [-0.2, 0) is 20.9 Å². The molecule has 3 aromatic rings. The summed E-state index contributed by atoms with van der Waals surface area (Å²) in [5, 5.41) is 2.79. The van der Waals surface area contributed by atoms with Gasteiger partial charge in [-0.15, -0.1) is 0 Å². The van der Waals surface area contributed by atoms with Crippen LogP contribution in [0.3, 0.4) is 0 Å². The third kappa shape index (κ3) is 7.14. The van der Waals surface area contributed by atoms with Crippen LogP contribution in [0.2, 0.25) is 0 Å². The maximum absolute atomic E-state index is 12.2. The van der Waals surface area contributed by atoms with E-state index >= 15 is 0 Å². The average molecular weight is 478 g/mol. The van der Waals surface area contributed by atoms with Crippen LogP contribution in [0.1, 0.15) is 24.1 Å². The molecule has 1 heterocycles. The zero-order valence-electron chi connectivity index (χ0n) is 19.4. The summed E-state index contributed by atoms with van der Waals surface area (Å²) < 4.78 is 27.3. The van der Waals surface area contributed by atoms with Crippen molar-refractivity contribution in [3.8, 4) is 23.0 Å². The number of nitrogens with one attached hydrogen (secondary N) is 1. The zero-order chi connectivity index (χ0) is 24.5. The maximum atomic E-state index is 12.2. The molecule has 1 unspecified atom stereocenters. The van der Waals surface area contributed by atoms with Crippen LogP contribution >= 0.6 is 0 Å². The predicted molar refractivity (Wildman–Crippen MR) is 128 cm³/mol. The van der Waals surface area contributed by atoms with Gasteiger partial charge in [-0.1, -0.05) is 36.4 Å². The molecule has 4 rings (SSSR count). The Kier molecular flexibility index (Phi) is 8.06. The van der Waals surface area contributed by atoms with E-state index in [1.165, 1.54) is 0 Å². The normalized spacial score (nSPS) is 12.8. The summed E-state index contributed by atoms with van der Waals surface area (Å²) in [6.07, 6.45) is 0. The second-order valence-corrected chi connectivity index (χ2v) is 7.89. The van der Waals surface area contributed by atoms with Crippen LogP contribution in [0.4, 0.5) is 0 Å². The highest BCUT2D eigenvalue weighted by Crippen LogP contribution is 2.32. The molecule has 0 bridgehead atoms. The summed E-state index contributed by atoms with van der Waals surface area (Å²) in [6.45, 7) is 2.59. The molecular weight excluding hydrogens is 450 g/mol. The van der Waals surface area contributed by atoms with E-state index in [9.17, 15) is 9.59 Å². The van der Waals surface area contributed by atoms with Gasteiger partial charge in [-0.2, -0.15) is 0 Å². The molecule has 0 spiro atoms. The van der Waals surface area contributed by atoms with Crippen LogP contribution < -0.4 is 24.3 Å². The fraction of sp³-hybridized carbons (Fsp3) is 0.259. The molecule has 35 heavy (non-hydrogen) atoms. The summed E-state index contributed by atoms with van der Waals surface area (Å²) in [6, 6.07) is 22.0. The number of carbonyl (C=O) groups excluding carboxylic acids is 2. The van der Waals surface area contributed by atoms with Gasteiger partial charge in [0, 0.05) is 0 Å². The van der Waals surface area contributed by atoms with E-state index in [-0.39, 0.29) is 12.6 Å². The van der Waals surface area contributed by atoms with Crippen molar-refractivity contribution in [1.82, 2.24) is 5.32 Å². The van der Waals surface area contributed by atoms with Crippen molar-refractivity contribution >= 4 is 11.9 Å². The Morgan fingerprint density at radius 3 is 2.29 bits per heavy atom. The summed E-state index contributed by atoms with van der Waals surface area (Å²) in [5.74, 6) is 1.45. The van der Waals surface area contributed by atoms with E-state index in [1.807, 2.05) is 55.5 Å². The molecule has 0 saturated carbocycles. The number of benzene rings is 3. The lowest BCUT2D eigenvalue weighted by atomic mass is 10.1. The van der Waals surface area contributed by atoms with E-state index in [0.29, 0.717) is 42.8 Å². The first-order valence-corrected chi connectivity index (χ1v) is 11.3. The van der Waals surface area contributed by atoms with Gasteiger partial charge in [-0.25, -0.2) is 4.79 Å². The van der Waals surface area contributed by atoms with Gasteiger partial charge in [-0.05, 0) is 54.4 Å².